The summed E-state index contributed by atoms with van der Waals surface area (Å²) >= 11 is 9.71. The number of hydrogen-bond acceptors (Lipinski definition) is 4. The van der Waals surface area contributed by atoms with E-state index in [1.807, 2.05) is 12.3 Å². The highest BCUT2D eigenvalue weighted by atomic mass is 79.9. The average Bonchev–Trinajstić information content (AvgIpc) is 3.29. The highest BCUT2D eigenvalue weighted by molar-refractivity contribution is 9.10. The van der Waals surface area contributed by atoms with Crippen molar-refractivity contribution in [1.29, 1.82) is 0 Å². The molecule has 3 N–H and O–H groups in total. The number of aromatic nitrogens is 2. The van der Waals surface area contributed by atoms with Gasteiger partial charge in [-0.15, -0.1) is 0 Å². The summed E-state index contributed by atoms with van der Waals surface area (Å²) < 4.78 is 16.4. The van der Waals surface area contributed by atoms with Crippen LogP contribution in [0.4, 0.5) is 15.8 Å². The van der Waals surface area contributed by atoms with E-state index in [2.05, 4.69) is 50.3 Å². The first-order valence-electron chi connectivity index (χ1n) is 10.2. The van der Waals surface area contributed by atoms with E-state index in [4.69, 9.17) is 17.3 Å². The molecule has 6 nitrogen and oxygen atoms in total. The third-order valence-electron chi connectivity index (χ3n) is 5.54. The number of aliphatic imine (C=N–C) groups is 1. The summed E-state index contributed by atoms with van der Waals surface area (Å²) in [6, 6.07) is 6.35. The van der Waals surface area contributed by atoms with Crippen molar-refractivity contribution in [3.63, 3.8) is 0 Å². The Bertz CT molecular complexity index is 1130. The molecule has 164 valence electrons. The number of nitrogens with one attached hydrogen (secondary N) is 1. The van der Waals surface area contributed by atoms with Crippen molar-refractivity contribution in [2.24, 2.45) is 16.6 Å². The summed E-state index contributed by atoms with van der Waals surface area (Å²) in [7, 11) is 4.22. The molecule has 1 aliphatic carbocycles. The Kier molecular flexibility index (Phi) is 6.50. The molecule has 0 aliphatic heterocycles. The van der Waals surface area contributed by atoms with Crippen molar-refractivity contribution in [1.82, 2.24) is 14.5 Å². The zero-order chi connectivity index (χ0) is 22.1. The molecular weight excluding hydrogens is 483 g/mol. The molecule has 2 atom stereocenters. The predicted octanol–water partition coefficient (Wildman–Crippen LogP) is 5.07. The number of amidine groups is 1. The fraction of sp³-hybridized carbons (Fsp3) is 0.364. The summed E-state index contributed by atoms with van der Waals surface area (Å²) in [5.74, 6) is 0.464. The number of nitrogens with zero attached hydrogens (tertiary/aromatic N) is 4. The molecule has 2 aromatic heterocycles. The minimum absolute atomic E-state index is 0.227. The van der Waals surface area contributed by atoms with E-state index in [1.54, 1.807) is 10.7 Å². The lowest BCUT2D eigenvalue weighted by Gasteiger charge is -2.20. The second-order valence-corrected chi connectivity index (χ2v) is 9.62. The fourth-order valence-corrected chi connectivity index (χ4v) is 4.80. The van der Waals surface area contributed by atoms with Gasteiger partial charge in [-0.25, -0.2) is 13.9 Å². The minimum atomic E-state index is -0.420. The van der Waals surface area contributed by atoms with Crippen LogP contribution in [0, 0.1) is 11.7 Å². The molecule has 0 amide bonds. The van der Waals surface area contributed by atoms with Crippen LogP contribution in [0.2, 0.25) is 5.02 Å². The molecule has 0 radical (unpaired) electrons. The van der Waals surface area contributed by atoms with Crippen LogP contribution in [0.5, 0.6) is 0 Å². The number of anilines is 1. The van der Waals surface area contributed by atoms with Crippen LogP contribution >= 0.6 is 27.5 Å². The Morgan fingerprint density at radius 1 is 1.39 bits per heavy atom. The number of hydrogen-bond donors (Lipinski definition) is 2. The van der Waals surface area contributed by atoms with Gasteiger partial charge in [-0.3, -0.25) is 0 Å². The second kappa shape index (κ2) is 9.14. The molecular formula is C22H25BrClFN6. The first-order valence-corrected chi connectivity index (χ1v) is 11.3. The molecule has 0 spiro atoms. The summed E-state index contributed by atoms with van der Waals surface area (Å²) in [5, 5.41) is 8.49. The molecule has 2 unspecified atom stereocenters. The summed E-state index contributed by atoms with van der Waals surface area (Å²) in [5.41, 5.74) is 9.08. The van der Waals surface area contributed by atoms with Crippen LogP contribution in [0.25, 0.3) is 5.52 Å². The van der Waals surface area contributed by atoms with Gasteiger partial charge in [-0.1, -0.05) is 11.6 Å². The van der Waals surface area contributed by atoms with Crippen LogP contribution in [-0.2, 0) is 0 Å². The molecule has 1 aliphatic rings. The smallest absolute Gasteiger partial charge is 0.135 e. The molecule has 0 saturated heterocycles. The van der Waals surface area contributed by atoms with Crippen molar-refractivity contribution in [3.05, 3.63) is 57.5 Å². The lowest BCUT2D eigenvalue weighted by atomic mass is 10.1. The SMILES string of the molecule is CN(C)CC1CCC(Nc2c(C(N)=Nc3cc(F)ccc3Cl)cnn3cc(Br)cc23)C1. The van der Waals surface area contributed by atoms with Gasteiger partial charge in [-0.05, 0) is 73.4 Å². The number of benzene rings is 1. The third kappa shape index (κ3) is 5.02. The maximum absolute atomic E-state index is 13.7. The van der Waals surface area contributed by atoms with E-state index in [0.717, 1.165) is 35.1 Å². The molecule has 3 aromatic rings. The second-order valence-electron chi connectivity index (χ2n) is 8.30. The van der Waals surface area contributed by atoms with E-state index < -0.39 is 5.82 Å². The first-order chi connectivity index (χ1) is 14.8. The van der Waals surface area contributed by atoms with Crippen molar-refractivity contribution in [3.8, 4) is 0 Å². The van der Waals surface area contributed by atoms with Gasteiger partial charge in [0.2, 0.25) is 0 Å². The molecule has 31 heavy (non-hydrogen) atoms. The van der Waals surface area contributed by atoms with Crippen LogP contribution in [0.1, 0.15) is 24.8 Å². The zero-order valence-corrected chi connectivity index (χ0v) is 19.8. The Morgan fingerprint density at radius 3 is 2.97 bits per heavy atom. The van der Waals surface area contributed by atoms with Gasteiger partial charge in [0.05, 0.1) is 33.7 Å². The van der Waals surface area contributed by atoms with Gasteiger partial charge in [0.15, 0.2) is 0 Å². The van der Waals surface area contributed by atoms with E-state index in [0.29, 0.717) is 22.5 Å². The van der Waals surface area contributed by atoms with Crippen LogP contribution < -0.4 is 11.1 Å². The van der Waals surface area contributed by atoms with E-state index in [1.165, 1.54) is 24.6 Å². The third-order valence-corrected chi connectivity index (χ3v) is 6.30. The molecule has 2 heterocycles. The maximum atomic E-state index is 13.7. The topological polar surface area (TPSA) is 70.9 Å². The normalized spacial score (nSPS) is 19.5. The first kappa shape index (κ1) is 22.0. The van der Waals surface area contributed by atoms with Gasteiger partial charge >= 0.3 is 0 Å². The minimum Gasteiger partial charge on any atom is -0.383 e. The van der Waals surface area contributed by atoms with Crippen LogP contribution in [0.15, 0.2) is 46.1 Å². The highest BCUT2D eigenvalue weighted by Gasteiger charge is 2.27. The molecule has 9 heteroatoms. The highest BCUT2D eigenvalue weighted by Crippen LogP contribution is 2.33. The largest absolute Gasteiger partial charge is 0.383 e. The summed E-state index contributed by atoms with van der Waals surface area (Å²) in [6.45, 7) is 1.08. The Morgan fingerprint density at radius 2 is 2.19 bits per heavy atom. The van der Waals surface area contributed by atoms with E-state index >= 15 is 0 Å². The Hall–Kier alpha value is -2.16. The standard InChI is InChI=1S/C22H25BrClFN6/c1-30(2)11-13-3-5-16(7-13)28-21-17(10-27-31-12-14(23)8-20(21)31)22(26)29-19-9-15(25)4-6-18(19)24/h4,6,8-10,12-13,16,28H,3,5,7,11H2,1-2H3,(H2,26,29). The van der Waals surface area contributed by atoms with Crippen molar-refractivity contribution in [2.45, 2.75) is 25.3 Å². The molecule has 1 aromatic carbocycles. The van der Waals surface area contributed by atoms with Crippen molar-refractivity contribution in [2.75, 3.05) is 26.0 Å². The van der Waals surface area contributed by atoms with E-state index in [9.17, 15) is 4.39 Å². The van der Waals surface area contributed by atoms with Gasteiger partial charge < -0.3 is 16.0 Å². The lowest BCUT2D eigenvalue weighted by Crippen LogP contribution is -2.24. The maximum Gasteiger partial charge on any atom is 0.135 e. The lowest BCUT2D eigenvalue weighted by molar-refractivity contribution is 0.327. The van der Waals surface area contributed by atoms with Gasteiger partial charge in [0.1, 0.15) is 11.7 Å². The molecule has 4 rings (SSSR count). The average molecular weight is 508 g/mol. The van der Waals surface area contributed by atoms with Crippen LogP contribution in [-0.4, -0.2) is 47.0 Å². The van der Waals surface area contributed by atoms with Crippen molar-refractivity contribution < 1.29 is 4.39 Å². The quantitative estimate of drug-likeness (QED) is 0.361. The fourth-order valence-electron chi connectivity index (χ4n) is 4.22. The van der Waals surface area contributed by atoms with Gasteiger partial charge in [0.25, 0.3) is 0 Å². The number of rotatable bonds is 6. The Balaban J connectivity index is 1.70. The predicted molar refractivity (Wildman–Crippen MR) is 128 cm³/mol. The Labute approximate surface area is 194 Å². The molecule has 1 fully saturated rings. The number of halogens is 3. The zero-order valence-electron chi connectivity index (χ0n) is 17.4. The number of fused-ring (bicyclic) bond motifs is 1. The van der Waals surface area contributed by atoms with Gasteiger partial charge in [0, 0.05) is 29.3 Å². The molecule has 1 saturated carbocycles. The number of nitrogens with two attached hydrogens (primary N) is 1. The van der Waals surface area contributed by atoms with Crippen LogP contribution in [0.3, 0.4) is 0 Å². The molecule has 0 bridgehead atoms. The van der Waals surface area contributed by atoms with Gasteiger partial charge in [-0.2, -0.15) is 5.10 Å². The monoisotopic (exact) mass is 506 g/mol. The van der Waals surface area contributed by atoms with Crippen molar-refractivity contribution >= 4 is 50.3 Å². The van der Waals surface area contributed by atoms with E-state index in [-0.39, 0.29) is 11.5 Å². The summed E-state index contributed by atoms with van der Waals surface area (Å²) in [6.07, 6.45) is 6.92. The summed E-state index contributed by atoms with van der Waals surface area (Å²) in [4.78, 5) is 6.64.